The van der Waals surface area contributed by atoms with Gasteiger partial charge in [-0.1, -0.05) is 25.4 Å². The van der Waals surface area contributed by atoms with E-state index < -0.39 is 0 Å². The first-order valence-electron chi connectivity index (χ1n) is 7.57. The molecular weight excluding hydrogens is 270 g/mol. The molecule has 1 aliphatic rings. The Balaban J connectivity index is 1.97. The molecule has 1 heterocycles. The molecule has 2 rings (SSSR count). The third-order valence-corrected chi connectivity index (χ3v) is 4.29. The van der Waals surface area contributed by atoms with Gasteiger partial charge < -0.3 is 10.2 Å². The summed E-state index contributed by atoms with van der Waals surface area (Å²) < 4.78 is 0. The number of hydrogen-bond donors (Lipinski definition) is 1. The van der Waals surface area contributed by atoms with Crippen LogP contribution in [0.4, 0.5) is 5.82 Å². The largest absolute Gasteiger partial charge is 0.355 e. The van der Waals surface area contributed by atoms with E-state index in [0.29, 0.717) is 12.0 Å². The molecule has 3 nitrogen and oxygen atoms in total. The van der Waals surface area contributed by atoms with E-state index in [1.165, 1.54) is 12.8 Å². The normalized spacial score (nSPS) is 16.5. The topological polar surface area (TPSA) is 28.2 Å². The Morgan fingerprint density at radius 3 is 2.65 bits per heavy atom. The summed E-state index contributed by atoms with van der Waals surface area (Å²) in [6.45, 7) is 8.50. The van der Waals surface area contributed by atoms with Gasteiger partial charge in [0.1, 0.15) is 5.82 Å². The van der Waals surface area contributed by atoms with Crippen molar-refractivity contribution in [1.82, 2.24) is 10.3 Å². The van der Waals surface area contributed by atoms with E-state index in [0.717, 1.165) is 35.4 Å². The monoisotopic (exact) mass is 295 g/mol. The predicted molar refractivity (Wildman–Crippen MR) is 86.4 cm³/mol. The summed E-state index contributed by atoms with van der Waals surface area (Å²) in [7, 11) is 2.09. The number of nitrogens with zero attached hydrogens (tertiary/aromatic N) is 2. The maximum atomic E-state index is 6.40. The maximum Gasteiger partial charge on any atom is 0.147 e. The minimum Gasteiger partial charge on any atom is -0.355 e. The zero-order chi connectivity index (χ0) is 14.7. The molecule has 1 atom stereocenters. The first-order chi connectivity index (χ1) is 9.49. The van der Waals surface area contributed by atoms with Crippen LogP contribution in [0.1, 0.15) is 39.2 Å². The molecule has 0 bridgehead atoms. The van der Waals surface area contributed by atoms with Crippen molar-refractivity contribution in [3.8, 4) is 0 Å². The SMILES string of the molecule is CC(C)CNCc1cnc(N(C)C(C)C2CC2)c(Cl)c1. The predicted octanol–water partition coefficient (Wildman–Crippen LogP) is 3.72. The van der Waals surface area contributed by atoms with Crippen LogP contribution in [0.25, 0.3) is 0 Å². The molecule has 0 amide bonds. The van der Waals surface area contributed by atoms with Crippen LogP contribution in [0.5, 0.6) is 0 Å². The van der Waals surface area contributed by atoms with Crippen molar-refractivity contribution >= 4 is 17.4 Å². The van der Waals surface area contributed by atoms with Crippen molar-refractivity contribution in [1.29, 1.82) is 0 Å². The molecule has 0 aliphatic heterocycles. The zero-order valence-corrected chi connectivity index (χ0v) is 13.7. The van der Waals surface area contributed by atoms with Crippen LogP contribution in [-0.4, -0.2) is 24.6 Å². The van der Waals surface area contributed by atoms with Crippen LogP contribution in [0.2, 0.25) is 5.02 Å². The first kappa shape index (κ1) is 15.6. The molecule has 1 saturated carbocycles. The molecule has 0 radical (unpaired) electrons. The van der Waals surface area contributed by atoms with E-state index in [4.69, 9.17) is 11.6 Å². The fourth-order valence-corrected chi connectivity index (χ4v) is 2.74. The molecule has 1 N–H and O–H groups in total. The highest BCUT2D eigenvalue weighted by atomic mass is 35.5. The summed E-state index contributed by atoms with van der Waals surface area (Å²) >= 11 is 6.40. The number of rotatable bonds is 7. The Hall–Kier alpha value is -0.800. The van der Waals surface area contributed by atoms with Gasteiger partial charge in [0.15, 0.2) is 0 Å². The maximum absolute atomic E-state index is 6.40. The van der Waals surface area contributed by atoms with Crippen LogP contribution in [0.3, 0.4) is 0 Å². The Bertz CT molecular complexity index is 443. The molecule has 20 heavy (non-hydrogen) atoms. The van der Waals surface area contributed by atoms with Gasteiger partial charge in [-0.15, -0.1) is 0 Å². The number of nitrogens with one attached hydrogen (secondary N) is 1. The lowest BCUT2D eigenvalue weighted by molar-refractivity contribution is 0.551. The summed E-state index contributed by atoms with van der Waals surface area (Å²) in [6, 6.07) is 2.55. The summed E-state index contributed by atoms with van der Waals surface area (Å²) in [4.78, 5) is 6.77. The van der Waals surface area contributed by atoms with Gasteiger partial charge >= 0.3 is 0 Å². The molecule has 1 aliphatic carbocycles. The summed E-state index contributed by atoms with van der Waals surface area (Å²) in [5, 5.41) is 4.17. The van der Waals surface area contributed by atoms with Crippen molar-refractivity contribution in [2.45, 2.75) is 46.2 Å². The number of anilines is 1. The summed E-state index contributed by atoms with van der Waals surface area (Å²) in [5.74, 6) is 2.37. The number of hydrogen-bond acceptors (Lipinski definition) is 3. The van der Waals surface area contributed by atoms with E-state index >= 15 is 0 Å². The molecular formula is C16H26ClN3. The highest BCUT2D eigenvalue weighted by molar-refractivity contribution is 6.33. The molecule has 1 unspecified atom stereocenters. The van der Waals surface area contributed by atoms with Crippen LogP contribution >= 0.6 is 11.6 Å². The second-order valence-electron chi connectivity index (χ2n) is 6.36. The summed E-state index contributed by atoms with van der Waals surface area (Å²) in [6.07, 6.45) is 4.60. The number of aromatic nitrogens is 1. The molecule has 1 aromatic rings. The van der Waals surface area contributed by atoms with Gasteiger partial charge in [-0.05, 0) is 49.8 Å². The van der Waals surface area contributed by atoms with Crippen LogP contribution in [-0.2, 0) is 6.54 Å². The van der Waals surface area contributed by atoms with Crippen LogP contribution < -0.4 is 10.2 Å². The van der Waals surface area contributed by atoms with Gasteiger partial charge in [0.2, 0.25) is 0 Å². The minimum absolute atomic E-state index is 0.518. The second kappa shape index (κ2) is 6.77. The molecule has 0 spiro atoms. The lowest BCUT2D eigenvalue weighted by Gasteiger charge is -2.27. The van der Waals surface area contributed by atoms with Crippen molar-refractivity contribution in [2.75, 3.05) is 18.5 Å². The van der Waals surface area contributed by atoms with Gasteiger partial charge in [-0.25, -0.2) is 4.98 Å². The van der Waals surface area contributed by atoms with Crippen molar-refractivity contribution in [3.63, 3.8) is 0 Å². The Kier molecular flexibility index (Phi) is 5.28. The average Bonchev–Trinajstić information content (AvgIpc) is 3.21. The van der Waals surface area contributed by atoms with E-state index in [1.807, 2.05) is 12.3 Å². The van der Waals surface area contributed by atoms with E-state index in [2.05, 4.69) is 43.0 Å². The Morgan fingerprint density at radius 1 is 1.40 bits per heavy atom. The third kappa shape index (κ3) is 4.10. The molecule has 4 heteroatoms. The number of halogens is 1. The lowest BCUT2D eigenvalue weighted by atomic mass is 10.2. The van der Waals surface area contributed by atoms with Gasteiger partial charge in [-0.2, -0.15) is 0 Å². The first-order valence-corrected chi connectivity index (χ1v) is 7.94. The Labute approximate surface area is 127 Å². The second-order valence-corrected chi connectivity index (χ2v) is 6.77. The van der Waals surface area contributed by atoms with Crippen LogP contribution in [0, 0.1) is 11.8 Å². The van der Waals surface area contributed by atoms with Crippen molar-refractivity contribution in [2.24, 2.45) is 11.8 Å². The molecule has 1 aromatic heterocycles. The van der Waals surface area contributed by atoms with Crippen LogP contribution in [0.15, 0.2) is 12.3 Å². The highest BCUT2D eigenvalue weighted by Crippen LogP contribution is 2.37. The molecule has 0 saturated heterocycles. The van der Waals surface area contributed by atoms with Gasteiger partial charge in [0.25, 0.3) is 0 Å². The standard InChI is InChI=1S/C16H26ClN3/c1-11(2)8-18-9-13-7-15(17)16(19-10-13)20(4)12(3)14-5-6-14/h7,10-12,14,18H,5-6,8-9H2,1-4H3. The van der Waals surface area contributed by atoms with E-state index in [-0.39, 0.29) is 0 Å². The lowest BCUT2D eigenvalue weighted by Crippen LogP contribution is -2.31. The van der Waals surface area contributed by atoms with E-state index in [9.17, 15) is 0 Å². The van der Waals surface area contributed by atoms with E-state index in [1.54, 1.807) is 0 Å². The van der Waals surface area contributed by atoms with Crippen molar-refractivity contribution in [3.05, 3.63) is 22.8 Å². The van der Waals surface area contributed by atoms with Crippen molar-refractivity contribution < 1.29 is 0 Å². The molecule has 112 valence electrons. The minimum atomic E-state index is 0.518. The molecule has 1 fully saturated rings. The fourth-order valence-electron chi connectivity index (χ4n) is 2.42. The summed E-state index contributed by atoms with van der Waals surface area (Å²) in [5.41, 5.74) is 1.15. The Morgan fingerprint density at radius 2 is 2.10 bits per heavy atom. The fraction of sp³-hybridized carbons (Fsp3) is 0.688. The average molecular weight is 296 g/mol. The van der Waals surface area contributed by atoms with Gasteiger partial charge in [0.05, 0.1) is 5.02 Å². The quantitative estimate of drug-likeness (QED) is 0.831. The molecule has 0 aromatic carbocycles. The zero-order valence-electron chi connectivity index (χ0n) is 13.0. The van der Waals surface area contributed by atoms with Gasteiger partial charge in [-0.3, -0.25) is 0 Å². The third-order valence-electron chi connectivity index (χ3n) is 4.01. The number of pyridine rings is 1. The smallest absolute Gasteiger partial charge is 0.147 e. The highest BCUT2D eigenvalue weighted by Gasteiger charge is 2.31. The van der Waals surface area contributed by atoms with Gasteiger partial charge in [0, 0.05) is 25.8 Å².